The molecule has 0 unspecified atom stereocenters. The molecule has 1 heterocycles. The maximum Gasteiger partial charge on any atom is 0.431 e. The summed E-state index contributed by atoms with van der Waals surface area (Å²) in [5.74, 6) is 0. The highest BCUT2D eigenvalue weighted by Gasteiger charge is 2.38. The molecule has 1 aromatic heterocycles. The monoisotopic (exact) mass is 320 g/mol. The molecule has 0 saturated carbocycles. The number of aromatic nitrogens is 1. The molecule has 0 spiro atoms. The summed E-state index contributed by atoms with van der Waals surface area (Å²) in [4.78, 5) is 0. The number of benzene rings is 1. The van der Waals surface area contributed by atoms with E-state index in [4.69, 9.17) is 0 Å². The molecule has 18 heavy (non-hydrogen) atoms. The second-order valence-corrected chi connectivity index (χ2v) is 4.99. The first kappa shape index (κ1) is 13.4. The molecule has 0 saturated heterocycles. The number of halogens is 4. The van der Waals surface area contributed by atoms with Crippen molar-refractivity contribution in [1.29, 1.82) is 0 Å². The number of aryl methyl sites for hydroxylation is 1. The molecule has 0 atom stereocenters. The third-order valence-electron chi connectivity index (χ3n) is 2.89. The van der Waals surface area contributed by atoms with E-state index in [9.17, 15) is 13.2 Å². The summed E-state index contributed by atoms with van der Waals surface area (Å²) in [7, 11) is 3.08. The third-order valence-corrected chi connectivity index (χ3v) is 3.38. The summed E-state index contributed by atoms with van der Waals surface area (Å²) in [5, 5.41) is 3.41. The van der Waals surface area contributed by atoms with Gasteiger partial charge in [-0.05, 0) is 25.2 Å². The quantitative estimate of drug-likeness (QED) is 0.893. The molecular formula is C12H12BrF3N2. The number of alkyl halides is 3. The molecule has 2 rings (SSSR count). The van der Waals surface area contributed by atoms with Crippen LogP contribution in [-0.2, 0) is 19.8 Å². The van der Waals surface area contributed by atoms with Gasteiger partial charge in [-0.2, -0.15) is 13.2 Å². The van der Waals surface area contributed by atoms with E-state index in [2.05, 4.69) is 21.2 Å². The van der Waals surface area contributed by atoms with Crippen LogP contribution in [0.5, 0.6) is 0 Å². The van der Waals surface area contributed by atoms with Crippen LogP contribution < -0.4 is 5.32 Å². The second-order valence-electron chi connectivity index (χ2n) is 4.08. The highest BCUT2D eigenvalue weighted by molar-refractivity contribution is 9.10. The van der Waals surface area contributed by atoms with Crippen LogP contribution >= 0.6 is 15.9 Å². The average molecular weight is 321 g/mol. The van der Waals surface area contributed by atoms with Crippen LogP contribution in [-0.4, -0.2) is 11.6 Å². The van der Waals surface area contributed by atoms with Crippen molar-refractivity contribution in [3.05, 3.63) is 33.9 Å². The first-order valence-electron chi connectivity index (χ1n) is 5.35. The van der Waals surface area contributed by atoms with Crippen molar-refractivity contribution >= 4 is 26.8 Å². The molecule has 0 aliphatic heterocycles. The Morgan fingerprint density at radius 1 is 1.33 bits per heavy atom. The lowest BCUT2D eigenvalue weighted by Crippen LogP contribution is -2.16. The summed E-state index contributed by atoms with van der Waals surface area (Å²) < 4.78 is 41.3. The summed E-state index contributed by atoms with van der Waals surface area (Å²) >= 11 is 3.29. The molecule has 0 aliphatic rings. The minimum Gasteiger partial charge on any atom is -0.340 e. The standard InChI is InChI=1S/C12H12BrF3N2/c1-17-6-9-8-5-7(13)3-4-10(8)18(2)11(9)12(14,15)16/h3-5,17H,6H2,1-2H3. The lowest BCUT2D eigenvalue weighted by atomic mass is 10.1. The van der Waals surface area contributed by atoms with E-state index in [-0.39, 0.29) is 12.1 Å². The van der Waals surface area contributed by atoms with Crippen LogP contribution in [0.4, 0.5) is 13.2 Å². The Kier molecular flexibility index (Phi) is 3.42. The summed E-state index contributed by atoms with van der Waals surface area (Å²) in [5.41, 5.74) is 0.268. The molecule has 0 radical (unpaired) electrons. The van der Waals surface area contributed by atoms with Gasteiger partial charge in [0.1, 0.15) is 5.69 Å². The predicted octanol–water partition coefficient (Wildman–Crippen LogP) is 3.68. The maximum atomic E-state index is 13.1. The Hall–Kier alpha value is -1.01. The van der Waals surface area contributed by atoms with Gasteiger partial charge < -0.3 is 9.88 Å². The Labute approximate surface area is 111 Å². The van der Waals surface area contributed by atoms with Gasteiger partial charge in [0.2, 0.25) is 0 Å². The average Bonchev–Trinajstić information content (AvgIpc) is 2.52. The normalized spacial score (nSPS) is 12.3. The van der Waals surface area contributed by atoms with E-state index >= 15 is 0 Å². The maximum absolute atomic E-state index is 13.1. The van der Waals surface area contributed by atoms with Gasteiger partial charge in [-0.1, -0.05) is 15.9 Å². The fraction of sp³-hybridized carbons (Fsp3) is 0.333. The van der Waals surface area contributed by atoms with Crippen molar-refractivity contribution in [2.75, 3.05) is 7.05 Å². The smallest absolute Gasteiger partial charge is 0.340 e. The Balaban J connectivity index is 2.83. The molecule has 0 aliphatic carbocycles. The number of hydrogen-bond donors (Lipinski definition) is 1. The van der Waals surface area contributed by atoms with Crippen LogP contribution in [0.25, 0.3) is 10.9 Å². The first-order chi connectivity index (χ1) is 8.36. The van der Waals surface area contributed by atoms with E-state index in [0.717, 1.165) is 4.47 Å². The molecule has 1 aromatic carbocycles. The van der Waals surface area contributed by atoms with E-state index in [0.29, 0.717) is 10.9 Å². The first-order valence-corrected chi connectivity index (χ1v) is 6.14. The molecular weight excluding hydrogens is 309 g/mol. The molecule has 2 aromatic rings. The minimum atomic E-state index is -4.35. The van der Waals surface area contributed by atoms with Crippen LogP contribution in [0.15, 0.2) is 22.7 Å². The second kappa shape index (κ2) is 4.59. The molecule has 2 nitrogen and oxygen atoms in total. The summed E-state index contributed by atoms with van der Waals surface area (Å²) in [6, 6.07) is 5.15. The summed E-state index contributed by atoms with van der Waals surface area (Å²) in [6.07, 6.45) is -4.35. The van der Waals surface area contributed by atoms with Gasteiger partial charge in [0.25, 0.3) is 0 Å². The fourth-order valence-electron chi connectivity index (χ4n) is 2.21. The van der Waals surface area contributed by atoms with Crippen LogP contribution in [0.1, 0.15) is 11.3 Å². The molecule has 1 N–H and O–H groups in total. The van der Waals surface area contributed by atoms with Gasteiger partial charge in [0, 0.05) is 34.5 Å². The molecule has 0 amide bonds. The van der Waals surface area contributed by atoms with Crippen molar-refractivity contribution in [3.8, 4) is 0 Å². The zero-order valence-electron chi connectivity index (χ0n) is 9.90. The van der Waals surface area contributed by atoms with Gasteiger partial charge in [0.05, 0.1) is 0 Å². The minimum absolute atomic E-state index is 0.183. The van der Waals surface area contributed by atoms with E-state index < -0.39 is 11.9 Å². The SMILES string of the molecule is CNCc1c(C(F)(F)F)n(C)c2ccc(Br)cc12. The predicted molar refractivity (Wildman–Crippen MR) is 68.4 cm³/mol. The van der Waals surface area contributed by atoms with Gasteiger partial charge >= 0.3 is 6.18 Å². The van der Waals surface area contributed by atoms with E-state index in [1.807, 2.05) is 0 Å². The molecule has 0 fully saturated rings. The highest BCUT2D eigenvalue weighted by Crippen LogP contribution is 2.38. The van der Waals surface area contributed by atoms with E-state index in [1.165, 1.54) is 11.6 Å². The van der Waals surface area contributed by atoms with E-state index in [1.54, 1.807) is 25.2 Å². The number of fused-ring (bicyclic) bond motifs is 1. The van der Waals surface area contributed by atoms with Crippen molar-refractivity contribution < 1.29 is 13.2 Å². The number of nitrogens with zero attached hydrogens (tertiary/aromatic N) is 1. The van der Waals surface area contributed by atoms with Gasteiger partial charge in [-0.3, -0.25) is 0 Å². The lowest BCUT2D eigenvalue weighted by molar-refractivity contribution is -0.143. The van der Waals surface area contributed by atoms with Crippen molar-refractivity contribution in [3.63, 3.8) is 0 Å². The van der Waals surface area contributed by atoms with Crippen molar-refractivity contribution in [2.24, 2.45) is 7.05 Å². The van der Waals surface area contributed by atoms with Crippen molar-refractivity contribution in [1.82, 2.24) is 9.88 Å². The number of nitrogens with one attached hydrogen (secondary N) is 1. The Morgan fingerprint density at radius 2 is 2.00 bits per heavy atom. The fourth-order valence-corrected chi connectivity index (χ4v) is 2.57. The van der Waals surface area contributed by atoms with Crippen LogP contribution in [0.2, 0.25) is 0 Å². The lowest BCUT2D eigenvalue weighted by Gasteiger charge is -2.11. The summed E-state index contributed by atoms with van der Waals surface area (Å²) in [6.45, 7) is 0.183. The largest absolute Gasteiger partial charge is 0.431 e. The number of rotatable bonds is 2. The third kappa shape index (κ3) is 2.14. The van der Waals surface area contributed by atoms with Gasteiger partial charge in [0.15, 0.2) is 0 Å². The van der Waals surface area contributed by atoms with Crippen LogP contribution in [0, 0.1) is 0 Å². The number of hydrogen-bond acceptors (Lipinski definition) is 1. The Bertz CT molecular complexity index is 587. The topological polar surface area (TPSA) is 17.0 Å². The zero-order chi connectivity index (χ0) is 13.5. The molecule has 0 bridgehead atoms. The molecule has 6 heteroatoms. The van der Waals surface area contributed by atoms with Crippen molar-refractivity contribution in [2.45, 2.75) is 12.7 Å². The van der Waals surface area contributed by atoms with Gasteiger partial charge in [-0.25, -0.2) is 0 Å². The zero-order valence-corrected chi connectivity index (χ0v) is 11.5. The van der Waals surface area contributed by atoms with Gasteiger partial charge in [-0.15, -0.1) is 0 Å². The Morgan fingerprint density at radius 3 is 2.56 bits per heavy atom. The highest BCUT2D eigenvalue weighted by atomic mass is 79.9. The van der Waals surface area contributed by atoms with Crippen LogP contribution in [0.3, 0.4) is 0 Å². The molecule has 98 valence electrons.